The van der Waals surface area contributed by atoms with Crippen molar-refractivity contribution in [2.24, 2.45) is 0 Å². The van der Waals surface area contributed by atoms with Crippen molar-refractivity contribution in [3.63, 3.8) is 0 Å². The van der Waals surface area contributed by atoms with Gasteiger partial charge in [-0.05, 0) is 73.5 Å². The molecule has 0 aliphatic carbocycles. The Bertz CT molecular complexity index is 1540. The first-order chi connectivity index (χ1) is 19.5. The molecule has 0 bridgehead atoms. The molecule has 4 aromatic rings. The Kier molecular flexibility index (Phi) is 9.56. The number of hydrogen-bond donors (Lipinski definition) is 2. The number of rotatable bonds is 10. The predicted molar refractivity (Wildman–Crippen MR) is 150 cm³/mol. The number of benzene rings is 3. The third kappa shape index (κ3) is 8.24. The first kappa shape index (κ1) is 29.9. The lowest BCUT2D eigenvalue weighted by molar-refractivity contribution is -0.137. The van der Waals surface area contributed by atoms with Crippen LogP contribution in [0.5, 0.6) is 5.75 Å². The molecule has 4 rings (SSSR count). The molecule has 13 heteroatoms. The number of aromatic nitrogens is 3. The van der Waals surface area contributed by atoms with Crippen LogP contribution in [0, 0.1) is 13.8 Å². The fourth-order valence-corrected chi connectivity index (χ4v) is 4.58. The van der Waals surface area contributed by atoms with Crippen LogP contribution in [0.15, 0.2) is 71.9 Å². The van der Waals surface area contributed by atoms with Crippen LogP contribution >= 0.6 is 23.4 Å². The summed E-state index contributed by atoms with van der Waals surface area (Å²) in [5.41, 5.74) is 1.80. The van der Waals surface area contributed by atoms with Crippen LogP contribution in [0.2, 0.25) is 5.02 Å². The summed E-state index contributed by atoms with van der Waals surface area (Å²) in [5.74, 6) is -0.278. The first-order valence-corrected chi connectivity index (χ1v) is 13.6. The SMILES string of the molecule is Cc1ccc(C)c(NC(=O)CSc2nnc(CNC(=O)COc3ccc(Cl)cc3)n2-c2cccc(C(F)(F)F)c2)c1. The lowest BCUT2D eigenvalue weighted by Crippen LogP contribution is -2.29. The highest BCUT2D eigenvalue weighted by Crippen LogP contribution is 2.32. The standard InChI is InChI=1S/C28H25ClF3N5O3S/c1-17-6-7-18(2)23(12-17)34-26(39)16-41-27-36-35-24(37(27)21-5-3-4-19(13-21)28(30,31)32)14-33-25(38)15-40-22-10-8-20(29)9-11-22/h3-13H,14-16H2,1-2H3,(H,33,38)(H,34,39). The van der Waals surface area contributed by atoms with Crippen LogP contribution in [0.4, 0.5) is 18.9 Å². The predicted octanol–water partition coefficient (Wildman–Crippen LogP) is 5.98. The Balaban J connectivity index is 1.50. The van der Waals surface area contributed by atoms with Crippen LogP contribution in [0.3, 0.4) is 0 Å². The Morgan fingerprint density at radius 1 is 1.00 bits per heavy atom. The monoisotopic (exact) mass is 603 g/mol. The van der Waals surface area contributed by atoms with E-state index in [0.29, 0.717) is 16.5 Å². The minimum absolute atomic E-state index is 0.0776. The Labute approximate surface area is 243 Å². The molecule has 0 saturated carbocycles. The van der Waals surface area contributed by atoms with Crippen LogP contribution < -0.4 is 15.4 Å². The van der Waals surface area contributed by atoms with Gasteiger partial charge in [-0.15, -0.1) is 10.2 Å². The van der Waals surface area contributed by atoms with E-state index in [1.165, 1.54) is 16.7 Å². The van der Waals surface area contributed by atoms with Gasteiger partial charge in [0.1, 0.15) is 5.75 Å². The highest BCUT2D eigenvalue weighted by Gasteiger charge is 2.31. The van der Waals surface area contributed by atoms with Gasteiger partial charge in [0, 0.05) is 10.7 Å². The molecule has 214 valence electrons. The summed E-state index contributed by atoms with van der Waals surface area (Å²) in [7, 11) is 0. The third-order valence-electron chi connectivity index (χ3n) is 5.76. The van der Waals surface area contributed by atoms with Crippen molar-refractivity contribution >= 4 is 40.9 Å². The number of hydrogen-bond acceptors (Lipinski definition) is 6. The van der Waals surface area contributed by atoms with Gasteiger partial charge in [-0.3, -0.25) is 14.2 Å². The van der Waals surface area contributed by atoms with E-state index in [1.54, 1.807) is 24.3 Å². The van der Waals surface area contributed by atoms with Gasteiger partial charge in [0.15, 0.2) is 17.6 Å². The van der Waals surface area contributed by atoms with Gasteiger partial charge in [-0.1, -0.05) is 41.6 Å². The van der Waals surface area contributed by atoms with Gasteiger partial charge in [-0.2, -0.15) is 13.2 Å². The summed E-state index contributed by atoms with van der Waals surface area (Å²) in [6.45, 7) is 3.32. The molecular formula is C28H25ClF3N5O3S. The van der Waals surface area contributed by atoms with Gasteiger partial charge in [0.05, 0.1) is 23.5 Å². The molecule has 0 spiro atoms. The minimum Gasteiger partial charge on any atom is -0.484 e. The molecule has 0 atom stereocenters. The van der Waals surface area contributed by atoms with Crippen molar-refractivity contribution in [2.45, 2.75) is 31.7 Å². The van der Waals surface area contributed by atoms with Gasteiger partial charge < -0.3 is 15.4 Å². The summed E-state index contributed by atoms with van der Waals surface area (Å²) in [4.78, 5) is 25.1. The summed E-state index contributed by atoms with van der Waals surface area (Å²) in [5, 5.41) is 14.4. The second kappa shape index (κ2) is 13.1. The van der Waals surface area contributed by atoms with E-state index in [1.807, 2.05) is 32.0 Å². The van der Waals surface area contributed by atoms with E-state index in [4.69, 9.17) is 16.3 Å². The molecule has 2 amide bonds. The van der Waals surface area contributed by atoms with Crippen LogP contribution in [-0.2, 0) is 22.3 Å². The molecule has 2 N–H and O–H groups in total. The summed E-state index contributed by atoms with van der Waals surface area (Å²) in [6.07, 6.45) is -4.57. The van der Waals surface area contributed by atoms with Gasteiger partial charge in [0.2, 0.25) is 5.91 Å². The van der Waals surface area contributed by atoms with Gasteiger partial charge in [-0.25, -0.2) is 0 Å². The number of amides is 2. The number of nitrogens with one attached hydrogen (secondary N) is 2. The smallest absolute Gasteiger partial charge is 0.416 e. The number of alkyl halides is 3. The van der Waals surface area contributed by atoms with Crippen molar-refractivity contribution in [2.75, 3.05) is 17.7 Å². The Hall–Kier alpha value is -4.03. The zero-order valence-corrected chi connectivity index (χ0v) is 23.5. The maximum atomic E-state index is 13.5. The molecule has 1 aromatic heterocycles. The molecule has 0 fully saturated rings. The molecule has 8 nitrogen and oxygen atoms in total. The fraction of sp³-hybridized carbons (Fsp3) is 0.214. The van der Waals surface area contributed by atoms with Gasteiger partial charge in [0.25, 0.3) is 5.91 Å². The summed E-state index contributed by atoms with van der Waals surface area (Å²) >= 11 is 6.85. The van der Waals surface area contributed by atoms with Crippen molar-refractivity contribution in [1.82, 2.24) is 20.1 Å². The number of carbonyl (C=O) groups excluding carboxylic acids is 2. The lowest BCUT2D eigenvalue weighted by atomic mass is 10.1. The van der Waals surface area contributed by atoms with E-state index in [2.05, 4.69) is 20.8 Å². The summed E-state index contributed by atoms with van der Waals surface area (Å²) in [6, 6.07) is 16.8. The zero-order chi connectivity index (χ0) is 29.6. The molecule has 0 aliphatic heterocycles. The quantitative estimate of drug-likeness (QED) is 0.216. The van der Waals surface area contributed by atoms with E-state index in [9.17, 15) is 22.8 Å². The highest BCUT2D eigenvalue weighted by molar-refractivity contribution is 7.99. The number of anilines is 1. The normalized spacial score (nSPS) is 11.3. The van der Waals surface area contributed by atoms with E-state index in [0.717, 1.165) is 35.0 Å². The van der Waals surface area contributed by atoms with Crippen LogP contribution in [0.1, 0.15) is 22.5 Å². The number of ether oxygens (including phenoxy) is 1. The fourth-order valence-electron chi connectivity index (χ4n) is 3.68. The zero-order valence-electron chi connectivity index (χ0n) is 22.0. The number of nitrogens with zero attached hydrogens (tertiary/aromatic N) is 3. The topological polar surface area (TPSA) is 98.1 Å². The average Bonchev–Trinajstić information content (AvgIpc) is 3.35. The van der Waals surface area contributed by atoms with Crippen molar-refractivity contribution < 1.29 is 27.5 Å². The van der Waals surface area contributed by atoms with Crippen molar-refractivity contribution in [3.05, 3.63) is 94.3 Å². The number of thioether (sulfide) groups is 1. The number of aryl methyl sites for hydroxylation is 2. The molecule has 0 saturated heterocycles. The largest absolute Gasteiger partial charge is 0.484 e. The Morgan fingerprint density at radius 3 is 2.49 bits per heavy atom. The van der Waals surface area contributed by atoms with E-state index in [-0.39, 0.29) is 41.5 Å². The Morgan fingerprint density at radius 2 is 1.76 bits per heavy atom. The van der Waals surface area contributed by atoms with E-state index >= 15 is 0 Å². The summed E-state index contributed by atoms with van der Waals surface area (Å²) < 4.78 is 47.2. The first-order valence-electron chi connectivity index (χ1n) is 12.3. The number of halogens is 4. The van der Waals surface area contributed by atoms with Crippen LogP contribution in [-0.4, -0.2) is 38.9 Å². The molecule has 41 heavy (non-hydrogen) atoms. The molecule has 0 aliphatic rings. The maximum Gasteiger partial charge on any atom is 0.416 e. The molecule has 0 unspecified atom stereocenters. The van der Waals surface area contributed by atoms with E-state index < -0.39 is 17.6 Å². The molecule has 3 aromatic carbocycles. The number of carbonyl (C=O) groups is 2. The van der Waals surface area contributed by atoms with Gasteiger partial charge >= 0.3 is 6.18 Å². The molecular weight excluding hydrogens is 579 g/mol. The van der Waals surface area contributed by atoms with Crippen LogP contribution in [0.25, 0.3) is 5.69 Å². The lowest BCUT2D eigenvalue weighted by Gasteiger charge is -2.14. The second-order valence-corrected chi connectivity index (χ2v) is 10.3. The highest BCUT2D eigenvalue weighted by atomic mass is 35.5. The second-order valence-electron chi connectivity index (χ2n) is 8.96. The molecule has 1 heterocycles. The third-order valence-corrected chi connectivity index (χ3v) is 6.94. The maximum absolute atomic E-state index is 13.5. The average molecular weight is 604 g/mol. The minimum atomic E-state index is -4.57. The van der Waals surface area contributed by atoms with Crippen molar-refractivity contribution in [1.29, 1.82) is 0 Å². The van der Waals surface area contributed by atoms with Crippen molar-refractivity contribution in [3.8, 4) is 11.4 Å². The molecule has 0 radical (unpaired) electrons.